The lowest BCUT2D eigenvalue weighted by Gasteiger charge is -2.07. The van der Waals surface area contributed by atoms with Gasteiger partial charge in [0.05, 0.1) is 4.90 Å². The number of amidine groups is 1. The lowest BCUT2D eigenvalue weighted by atomic mass is 10.2. The van der Waals surface area contributed by atoms with Gasteiger partial charge in [-0.3, -0.25) is 14.5 Å². The van der Waals surface area contributed by atoms with Crippen LogP contribution in [0.2, 0.25) is 0 Å². The highest BCUT2D eigenvalue weighted by molar-refractivity contribution is 9.10. The Hall–Kier alpha value is -2.39. The van der Waals surface area contributed by atoms with E-state index >= 15 is 0 Å². The summed E-state index contributed by atoms with van der Waals surface area (Å²) < 4.78 is 38.1. The fraction of sp³-hybridized carbons (Fsp3) is 0.333. The van der Waals surface area contributed by atoms with Gasteiger partial charge in [-0.15, -0.1) is 0 Å². The van der Waals surface area contributed by atoms with Crippen molar-refractivity contribution in [2.75, 3.05) is 19.8 Å². The van der Waals surface area contributed by atoms with Gasteiger partial charge >= 0.3 is 5.97 Å². The number of carbonyl (C=O) groups excluding carboxylic acids is 1. The molecular formula is C21H23BrN2O5S. The number of sulfonamides is 1. The summed E-state index contributed by atoms with van der Waals surface area (Å²) in [6.07, 6.45) is 2.59. The van der Waals surface area contributed by atoms with Crippen molar-refractivity contribution in [1.82, 2.24) is 4.72 Å². The number of fused-ring (bicyclic) bond motifs is 1. The Morgan fingerprint density at radius 3 is 2.70 bits per heavy atom. The maximum absolute atomic E-state index is 12.0. The van der Waals surface area contributed by atoms with E-state index in [9.17, 15) is 13.2 Å². The van der Waals surface area contributed by atoms with E-state index in [4.69, 9.17) is 9.47 Å². The molecule has 7 nitrogen and oxygen atoms in total. The lowest BCUT2D eigenvalue weighted by molar-refractivity contribution is -0.144. The molecule has 0 spiro atoms. The molecule has 0 unspecified atom stereocenters. The van der Waals surface area contributed by atoms with Crippen LogP contribution in [0.4, 0.5) is 0 Å². The van der Waals surface area contributed by atoms with Crippen molar-refractivity contribution < 1.29 is 22.7 Å². The first-order valence-corrected chi connectivity index (χ1v) is 11.9. The summed E-state index contributed by atoms with van der Waals surface area (Å²) in [5.74, 6) is 0.848. The summed E-state index contributed by atoms with van der Waals surface area (Å²) in [4.78, 5) is 16.4. The molecule has 1 aliphatic heterocycles. The first kappa shape index (κ1) is 22.3. The Kier molecular flexibility index (Phi) is 7.87. The van der Waals surface area contributed by atoms with Crippen LogP contribution in [0.25, 0.3) is 0 Å². The third kappa shape index (κ3) is 6.30. The molecule has 1 aliphatic rings. The van der Waals surface area contributed by atoms with Crippen molar-refractivity contribution in [2.24, 2.45) is 4.99 Å². The molecule has 160 valence electrons. The van der Waals surface area contributed by atoms with Crippen molar-refractivity contribution in [3.05, 3.63) is 58.6 Å². The van der Waals surface area contributed by atoms with Crippen LogP contribution in [-0.2, 0) is 19.6 Å². The van der Waals surface area contributed by atoms with Crippen LogP contribution in [-0.4, -0.2) is 40.0 Å². The highest BCUT2D eigenvalue weighted by Gasteiger charge is 2.29. The van der Waals surface area contributed by atoms with Crippen LogP contribution in [0.5, 0.6) is 5.75 Å². The number of nitrogens with zero attached hydrogens (tertiary/aromatic N) is 1. The van der Waals surface area contributed by atoms with Gasteiger partial charge < -0.3 is 9.47 Å². The maximum atomic E-state index is 12.0. The van der Waals surface area contributed by atoms with E-state index < -0.39 is 10.0 Å². The minimum Gasteiger partial charge on any atom is -0.490 e. The van der Waals surface area contributed by atoms with E-state index in [1.54, 1.807) is 24.3 Å². The molecule has 3 rings (SSSR count). The number of hydrogen-bond donors (Lipinski definition) is 1. The zero-order valence-corrected chi connectivity index (χ0v) is 18.7. The van der Waals surface area contributed by atoms with Crippen LogP contribution in [0.1, 0.15) is 31.2 Å². The van der Waals surface area contributed by atoms with Gasteiger partial charge in [-0.05, 0) is 43.2 Å². The predicted octanol–water partition coefficient (Wildman–Crippen LogP) is 3.67. The molecule has 30 heavy (non-hydrogen) atoms. The number of ether oxygens (including phenoxy) is 2. The number of hydrogen-bond acceptors (Lipinski definition) is 6. The molecule has 0 aliphatic carbocycles. The fourth-order valence-corrected chi connectivity index (χ4v) is 4.57. The number of halogens is 1. The minimum absolute atomic E-state index is 0.207. The Bertz CT molecular complexity index is 1020. The summed E-state index contributed by atoms with van der Waals surface area (Å²) in [7, 11) is -3.50. The van der Waals surface area contributed by atoms with Crippen LogP contribution >= 0.6 is 15.9 Å². The van der Waals surface area contributed by atoms with Crippen molar-refractivity contribution in [2.45, 2.75) is 30.6 Å². The molecule has 9 heteroatoms. The molecule has 1 heterocycles. The second-order valence-electron chi connectivity index (χ2n) is 6.67. The molecule has 0 saturated heterocycles. The smallest absolute Gasteiger partial charge is 0.305 e. The van der Waals surface area contributed by atoms with E-state index in [-0.39, 0.29) is 17.5 Å². The van der Waals surface area contributed by atoms with Gasteiger partial charge in [0.25, 0.3) is 10.0 Å². The number of nitrogens with one attached hydrogen (secondary N) is 1. The van der Waals surface area contributed by atoms with Gasteiger partial charge in [0.1, 0.15) is 24.8 Å². The highest BCUT2D eigenvalue weighted by Crippen LogP contribution is 2.22. The Labute approximate surface area is 184 Å². The first-order chi connectivity index (χ1) is 14.5. The molecular weight excluding hydrogens is 472 g/mol. The fourth-order valence-electron chi connectivity index (χ4n) is 2.94. The second kappa shape index (κ2) is 10.6. The highest BCUT2D eigenvalue weighted by atomic mass is 79.9. The van der Waals surface area contributed by atoms with Crippen LogP contribution in [0.3, 0.4) is 0 Å². The van der Waals surface area contributed by atoms with Gasteiger partial charge in [0, 0.05) is 23.0 Å². The number of unbranched alkanes of at least 4 members (excludes halogenated alkanes) is 2. The zero-order valence-electron chi connectivity index (χ0n) is 16.3. The van der Waals surface area contributed by atoms with E-state index in [0.717, 1.165) is 17.3 Å². The Morgan fingerprint density at radius 2 is 1.87 bits per heavy atom. The van der Waals surface area contributed by atoms with Crippen LogP contribution in [0.15, 0.2) is 62.9 Å². The maximum Gasteiger partial charge on any atom is 0.305 e. The number of esters is 1. The molecule has 2 aromatic carbocycles. The zero-order chi connectivity index (χ0) is 21.4. The predicted molar refractivity (Wildman–Crippen MR) is 117 cm³/mol. The summed E-state index contributed by atoms with van der Waals surface area (Å²) in [5.41, 5.74) is 0.603. The Balaban J connectivity index is 1.28. The van der Waals surface area contributed by atoms with Crippen LogP contribution in [0, 0.1) is 0 Å². The summed E-state index contributed by atoms with van der Waals surface area (Å²) in [5, 5.41) is 0. The molecule has 0 atom stereocenters. The Morgan fingerprint density at radius 1 is 1.03 bits per heavy atom. The summed E-state index contributed by atoms with van der Waals surface area (Å²) in [6, 6.07) is 14.2. The SMILES string of the molecule is O=C(CCCCCN=C1NS(=O)(=O)c2ccccc21)OCCOc1cccc(Br)c1. The minimum atomic E-state index is -3.50. The third-order valence-electron chi connectivity index (χ3n) is 4.38. The lowest BCUT2D eigenvalue weighted by Crippen LogP contribution is -2.22. The number of rotatable bonds is 10. The topological polar surface area (TPSA) is 94.1 Å². The van der Waals surface area contributed by atoms with Gasteiger partial charge in [-0.1, -0.05) is 40.5 Å². The average Bonchev–Trinajstić information content (AvgIpc) is 2.98. The van der Waals surface area contributed by atoms with Crippen molar-refractivity contribution in [3.8, 4) is 5.75 Å². The van der Waals surface area contributed by atoms with Crippen molar-refractivity contribution >= 4 is 37.8 Å². The van der Waals surface area contributed by atoms with E-state index in [0.29, 0.717) is 43.1 Å². The van der Waals surface area contributed by atoms with Crippen molar-refractivity contribution in [3.63, 3.8) is 0 Å². The van der Waals surface area contributed by atoms with Crippen molar-refractivity contribution in [1.29, 1.82) is 0 Å². The molecule has 1 N–H and O–H groups in total. The molecule has 0 fully saturated rings. The monoisotopic (exact) mass is 494 g/mol. The van der Waals surface area contributed by atoms with Gasteiger partial charge in [-0.2, -0.15) is 0 Å². The molecule has 2 aromatic rings. The molecule has 0 saturated carbocycles. The third-order valence-corrected chi connectivity index (χ3v) is 6.27. The quantitative estimate of drug-likeness (QED) is 0.401. The van der Waals surface area contributed by atoms with Gasteiger partial charge in [0.2, 0.25) is 0 Å². The average molecular weight is 495 g/mol. The number of aliphatic imine (C=N–C) groups is 1. The van der Waals surface area contributed by atoms with E-state index in [1.807, 2.05) is 24.3 Å². The summed E-state index contributed by atoms with van der Waals surface area (Å²) >= 11 is 3.37. The van der Waals surface area contributed by atoms with Crippen LogP contribution < -0.4 is 9.46 Å². The standard InChI is InChI=1S/C21H23BrN2O5S/c22-16-7-6-8-17(15-16)28-13-14-29-20(25)11-2-1-5-12-23-21-18-9-3-4-10-19(18)30(26,27)24-21/h3-4,6-10,15H,1-2,5,11-14H2,(H,23,24). The van der Waals surface area contributed by atoms with E-state index in [1.165, 1.54) is 0 Å². The largest absolute Gasteiger partial charge is 0.490 e. The molecule has 0 amide bonds. The van der Waals surface area contributed by atoms with Gasteiger partial charge in [0.15, 0.2) is 0 Å². The molecule has 0 aromatic heterocycles. The first-order valence-electron chi connectivity index (χ1n) is 9.66. The van der Waals surface area contributed by atoms with E-state index in [2.05, 4.69) is 25.6 Å². The normalized spacial score (nSPS) is 15.4. The second-order valence-corrected chi connectivity index (χ2v) is 9.24. The molecule has 0 radical (unpaired) electrons. The van der Waals surface area contributed by atoms with Gasteiger partial charge in [-0.25, -0.2) is 8.42 Å². The molecule has 0 bridgehead atoms. The summed E-state index contributed by atoms with van der Waals surface area (Å²) in [6.45, 7) is 0.997. The number of benzene rings is 2. The number of carbonyl (C=O) groups is 1.